The van der Waals surface area contributed by atoms with Crippen molar-refractivity contribution in [1.29, 1.82) is 0 Å². The van der Waals surface area contributed by atoms with Gasteiger partial charge in [-0.2, -0.15) is 0 Å². The number of carbonyl (C=O) groups excluding carboxylic acids is 2. The molecule has 1 aromatic rings. The maximum atomic E-state index is 13.3. The van der Waals surface area contributed by atoms with Crippen LogP contribution in [-0.2, 0) is 11.3 Å². The number of nitrogens with zero attached hydrogens (tertiary/aromatic N) is 2. The first kappa shape index (κ1) is 19.5. The molecular weight excluding hydrogens is 342 g/mol. The van der Waals surface area contributed by atoms with Gasteiger partial charge in [0.05, 0.1) is 12.5 Å². The van der Waals surface area contributed by atoms with E-state index in [0.29, 0.717) is 26.2 Å². The molecule has 148 valence electrons. The number of carbonyl (C=O) groups is 2. The first-order valence-corrected chi connectivity index (χ1v) is 10.0. The summed E-state index contributed by atoms with van der Waals surface area (Å²) < 4.78 is 5.29. The van der Waals surface area contributed by atoms with Gasteiger partial charge >= 0.3 is 6.03 Å². The Labute approximate surface area is 161 Å². The summed E-state index contributed by atoms with van der Waals surface area (Å²) in [6, 6.07) is 7.85. The minimum atomic E-state index is -0.404. The molecule has 6 heteroatoms. The van der Waals surface area contributed by atoms with Crippen molar-refractivity contribution in [2.45, 2.75) is 45.6 Å². The number of likely N-dealkylation sites (tertiary alicyclic amines) is 2. The Morgan fingerprint density at radius 2 is 2.15 bits per heavy atom. The highest BCUT2D eigenvalue weighted by molar-refractivity contribution is 5.85. The van der Waals surface area contributed by atoms with Crippen LogP contribution in [0.5, 0.6) is 5.75 Å². The van der Waals surface area contributed by atoms with E-state index in [-0.39, 0.29) is 11.9 Å². The molecular formula is C21H31N3O3. The van der Waals surface area contributed by atoms with Gasteiger partial charge in [0.25, 0.3) is 0 Å². The van der Waals surface area contributed by atoms with Gasteiger partial charge in [-0.15, -0.1) is 0 Å². The number of methoxy groups -OCH3 is 1. The van der Waals surface area contributed by atoms with Gasteiger partial charge < -0.3 is 19.9 Å². The highest BCUT2D eigenvalue weighted by Crippen LogP contribution is 2.40. The number of unbranched alkanes of at least 4 members (excludes halogenated alkanes) is 1. The Morgan fingerprint density at radius 1 is 1.30 bits per heavy atom. The maximum absolute atomic E-state index is 13.3. The molecule has 1 spiro atoms. The van der Waals surface area contributed by atoms with Gasteiger partial charge in [-0.3, -0.25) is 4.79 Å². The number of piperidine rings is 1. The van der Waals surface area contributed by atoms with E-state index in [0.717, 1.165) is 50.0 Å². The summed E-state index contributed by atoms with van der Waals surface area (Å²) in [7, 11) is 1.65. The number of amides is 3. The first-order valence-electron chi connectivity index (χ1n) is 10.0. The molecule has 2 heterocycles. The molecule has 2 aliphatic rings. The molecule has 3 rings (SSSR count). The van der Waals surface area contributed by atoms with Crippen LogP contribution in [0.15, 0.2) is 24.3 Å². The predicted octanol–water partition coefficient (Wildman–Crippen LogP) is 3.02. The van der Waals surface area contributed by atoms with Crippen molar-refractivity contribution < 1.29 is 14.3 Å². The van der Waals surface area contributed by atoms with Gasteiger partial charge in [0.1, 0.15) is 5.75 Å². The van der Waals surface area contributed by atoms with E-state index in [4.69, 9.17) is 4.74 Å². The summed E-state index contributed by atoms with van der Waals surface area (Å²) in [5.74, 6) is 1.00. The monoisotopic (exact) mass is 373 g/mol. The third-order valence-corrected chi connectivity index (χ3v) is 5.78. The van der Waals surface area contributed by atoms with Gasteiger partial charge in [0.2, 0.25) is 5.91 Å². The number of ether oxygens (including phenoxy) is 1. The van der Waals surface area contributed by atoms with Crippen LogP contribution in [0, 0.1) is 5.41 Å². The Balaban J connectivity index is 1.63. The molecule has 1 unspecified atom stereocenters. The Kier molecular flexibility index (Phi) is 6.24. The van der Waals surface area contributed by atoms with E-state index in [1.807, 2.05) is 34.1 Å². The third-order valence-electron chi connectivity index (χ3n) is 5.78. The fraction of sp³-hybridized carbons (Fsp3) is 0.619. The molecule has 0 aliphatic carbocycles. The lowest BCUT2D eigenvalue weighted by molar-refractivity contribution is -0.146. The average molecular weight is 373 g/mol. The number of hydrogen-bond donors (Lipinski definition) is 1. The highest BCUT2D eigenvalue weighted by Gasteiger charge is 2.49. The fourth-order valence-corrected chi connectivity index (χ4v) is 4.20. The highest BCUT2D eigenvalue weighted by atomic mass is 16.5. The smallest absolute Gasteiger partial charge is 0.317 e. The van der Waals surface area contributed by atoms with E-state index in [1.165, 1.54) is 0 Å². The van der Waals surface area contributed by atoms with Gasteiger partial charge in [0, 0.05) is 32.7 Å². The van der Waals surface area contributed by atoms with Crippen LogP contribution < -0.4 is 10.1 Å². The third kappa shape index (κ3) is 4.37. The van der Waals surface area contributed by atoms with Crippen LogP contribution in [-0.4, -0.2) is 55.0 Å². The van der Waals surface area contributed by atoms with Gasteiger partial charge in [-0.1, -0.05) is 25.5 Å². The van der Waals surface area contributed by atoms with Crippen LogP contribution in [0.2, 0.25) is 0 Å². The summed E-state index contributed by atoms with van der Waals surface area (Å²) in [5.41, 5.74) is 0.672. The quantitative estimate of drug-likeness (QED) is 0.780. The lowest BCUT2D eigenvalue weighted by Crippen LogP contribution is -2.50. The normalized spacial score (nSPS) is 22.4. The average Bonchev–Trinajstić information content (AvgIpc) is 3.11. The van der Waals surface area contributed by atoms with E-state index in [1.54, 1.807) is 7.11 Å². The lowest BCUT2D eigenvalue weighted by atomic mass is 9.78. The summed E-state index contributed by atoms with van der Waals surface area (Å²) in [6.07, 6.45) is 4.67. The molecule has 1 atom stereocenters. The second kappa shape index (κ2) is 8.63. The van der Waals surface area contributed by atoms with Crippen molar-refractivity contribution in [2.24, 2.45) is 5.41 Å². The summed E-state index contributed by atoms with van der Waals surface area (Å²) in [4.78, 5) is 29.4. The standard InChI is InChI=1S/C21H31N3O3/c1-3-4-11-22-20(26)24-13-10-21(16-24)9-6-12-23(19(21)25)15-17-7-5-8-18(14-17)27-2/h5,7-8,14H,3-4,6,9-13,15-16H2,1-2H3,(H,22,26). The lowest BCUT2D eigenvalue weighted by Gasteiger charge is -2.39. The minimum absolute atomic E-state index is 0.0296. The molecule has 2 aliphatic heterocycles. The molecule has 6 nitrogen and oxygen atoms in total. The second-order valence-electron chi connectivity index (χ2n) is 7.72. The van der Waals surface area contributed by atoms with Crippen LogP contribution >= 0.6 is 0 Å². The zero-order chi connectivity index (χ0) is 19.3. The molecule has 0 aromatic heterocycles. The van der Waals surface area contributed by atoms with Gasteiger partial charge in [0.15, 0.2) is 0 Å². The SMILES string of the molecule is CCCCNC(=O)N1CCC2(CCCN(Cc3cccc(OC)c3)C2=O)C1. The van der Waals surface area contributed by atoms with Crippen molar-refractivity contribution in [3.63, 3.8) is 0 Å². The van der Waals surface area contributed by atoms with E-state index < -0.39 is 5.41 Å². The Hall–Kier alpha value is -2.24. The molecule has 1 aromatic carbocycles. The second-order valence-corrected chi connectivity index (χ2v) is 7.72. The number of hydrogen-bond acceptors (Lipinski definition) is 3. The van der Waals surface area contributed by atoms with Crippen LogP contribution in [0.4, 0.5) is 4.79 Å². The van der Waals surface area contributed by atoms with Crippen LogP contribution in [0.3, 0.4) is 0 Å². The van der Waals surface area contributed by atoms with E-state index in [9.17, 15) is 9.59 Å². The summed E-state index contributed by atoms with van der Waals surface area (Å²) in [6.45, 7) is 5.39. The van der Waals surface area contributed by atoms with Crippen molar-refractivity contribution in [1.82, 2.24) is 15.1 Å². The molecule has 2 fully saturated rings. The van der Waals surface area contributed by atoms with Gasteiger partial charge in [-0.25, -0.2) is 4.79 Å². The Morgan fingerprint density at radius 3 is 2.93 bits per heavy atom. The molecule has 2 saturated heterocycles. The zero-order valence-electron chi connectivity index (χ0n) is 16.5. The molecule has 0 bridgehead atoms. The zero-order valence-corrected chi connectivity index (χ0v) is 16.5. The Bertz CT molecular complexity index is 678. The predicted molar refractivity (Wildman–Crippen MR) is 105 cm³/mol. The van der Waals surface area contributed by atoms with Crippen LogP contribution in [0.25, 0.3) is 0 Å². The number of rotatable bonds is 6. The first-order chi connectivity index (χ1) is 13.1. The molecule has 27 heavy (non-hydrogen) atoms. The largest absolute Gasteiger partial charge is 0.497 e. The van der Waals surface area contributed by atoms with E-state index in [2.05, 4.69) is 12.2 Å². The van der Waals surface area contributed by atoms with Crippen molar-refractivity contribution in [3.8, 4) is 5.75 Å². The maximum Gasteiger partial charge on any atom is 0.317 e. The van der Waals surface area contributed by atoms with E-state index >= 15 is 0 Å². The van der Waals surface area contributed by atoms with Crippen molar-refractivity contribution in [2.75, 3.05) is 33.3 Å². The topological polar surface area (TPSA) is 61.9 Å². The molecule has 3 amide bonds. The summed E-state index contributed by atoms with van der Waals surface area (Å²) in [5, 5.41) is 2.97. The number of urea groups is 1. The molecule has 0 saturated carbocycles. The van der Waals surface area contributed by atoms with Crippen molar-refractivity contribution >= 4 is 11.9 Å². The number of nitrogens with one attached hydrogen (secondary N) is 1. The summed E-state index contributed by atoms with van der Waals surface area (Å²) >= 11 is 0. The molecule has 0 radical (unpaired) electrons. The minimum Gasteiger partial charge on any atom is -0.497 e. The fourth-order valence-electron chi connectivity index (χ4n) is 4.20. The van der Waals surface area contributed by atoms with Crippen molar-refractivity contribution in [3.05, 3.63) is 29.8 Å². The number of benzene rings is 1. The van der Waals surface area contributed by atoms with Crippen LogP contribution in [0.1, 0.15) is 44.6 Å². The molecule has 1 N–H and O–H groups in total. The van der Waals surface area contributed by atoms with Gasteiger partial charge in [-0.05, 0) is 43.4 Å².